The van der Waals surface area contributed by atoms with Gasteiger partial charge in [0.15, 0.2) is 0 Å². The van der Waals surface area contributed by atoms with E-state index >= 15 is 0 Å². The third-order valence-corrected chi connectivity index (χ3v) is 4.70. The van der Waals surface area contributed by atoms with E-state index in [9.17, 15) is 9.59 Å². The van der Waals surface area contributed by atoms with Crippen LogP contribution in [-0.4, -0.2) is 41.4 Å². The molecule has 2 atom stereocenters. The molecule has 1 N–H and O–H groups in total. The van der Waals surface area contributed by atoms with Gasteiger partial charge in [-0.25, -0.2) is 0 Å². The van der Waals surface area contributed by atoms with Gasteiger partial charge in [-0.15, -0.1) is 0 Å². The molecule has 1 aliphatic heterocycles. The number of carbonyl (C=O) groups excluding carboxylic acids is 2. The molecule has 5 nitrogen and oxygen atoms in total. The van der Waals surface area contributed by atoms with Crippen molar-refractivity contribution < 1.29 is 14.3 Å². The molecule has 0 aromatic heterocycles. The van der Waals surface area contributed by atoms with Crippen LogP contribution < -0.4 is 10.1 Å². The Morgan fingerprint density at radius 2 is 1.85 bits per heavy atom. The van der Waals surface area contributed by atoms with E-state index in [1.165, 1.54) is 5.56 Å². The lowest BCUT2D eigenvalue weighted by Crippen LogP contribution is -2.39. The largest absolute Gasteiger partial charge is 0.491 e. The number of carbonyl (C=O) groups is 2. The molecule has 1 saturated heterocycles. The first-order valence-corrected chi connectivity index (χ1v) is 9.61. The fourth-order valence-corrected chi connectivity index (χ4v) is 3.23. The average Bonchev–Trinajstić information content (AvgIpc) is 2.96. The number of hydrogen-bond donors (Lipinski definition) is 1. The van der Waals surface area contributed by atoms with Gasteiger partial charge in [0.2, 0.25) is 11.8 Å². The van der Waals surface area contributed by atoms with Crippen molar-refractivity contribution in [2.24, 2.45) is 5.92 Å². The fraction of sp³-hybridized carbons (Fsp3) is 0.619. The van der Waals surface area contributed by atoms with Crippen LogP contribution in [-0.2, 0) is 16.0 Å². The van der Waals surface area contributed by atoms with Gasteiger partial charge in [0.25, 0.3) is 0 Å². The van der Waals surface area contributed by atoms with E-state index in [2.05, 4.69) is 17.4 Å². The van der Waals surface area contributed by atoms with E-state index in [-0.39, 0.29) is 35.9 Å². The first kappa shape index (κ1) is 20.3. The molecule has 144 valence electrons. The Hall–Kier alpha value is -2.04. The van der Waals surface area contributed by atoms with Crippen LogP contribution in [0.15, 0.2) is 24.3 Å². The highest BCUT2D eigenvalue weighted by atomic mass is 16.5. The number of hydrogen-bond acceptors (Lipinski definition) is 3. The predicted molar refractivity (Wildman–Crippen MR) is 103 cm³/mol. The van der Waals surface area contributed by atoms with Gasteiger partial charge in [-0.3, -0.25) is 9.59 Å². The topological polar surface area (TPSA) is 58.6 Å². The summed E-state index contributed by atoms with van der Waals surface area (Å²) in [7, 11) is 0. The van der Waals surface area contributed by atoms with Crippen molar-refractivity contribution in [3.05, 3.63) is 29.8 Å². The molecular weight excluding hydrogens is 328 g/mol. The van der Waals surface area contributed by atoms with Crippen LogP contribution in [0.4, 0.5) is 0 Å². The third kappa shape index (κ3) is 5.75. The molecule has 0 unspecified atom stereocenters. The fourth-order valence-electron chi connectivity index (χ4n) is 3.23. The Bertz CT molecular complexity index is 610. The second-order valence-corrected chi connectivity index (χ2v) is 7.80. The van der Waals surface area contributed by atoms with Crippen LogP contribution in [0, 0.1) is 5.92 Å². The third-order valence-electron chi connectivity index (χ3n) is 4.70. The maximum atomic E-state index is 12.4. The van der Waals surface area contributed by atoms with E-state index in [1.807, 2.05) is 46.8 Å². The molecular formula is C21H32N2O3. The van der Waals surface area contributed by atoms with Crippen molar-refractivity contribution in [3.8, 4) is 5.75 Å². The molecule has 0 saturated carbocycles. The van der Waals surface area contributed by atoms with Gasteiger partial charge in [-0.1, -0.05) is 12.1 Å². The van der Waals surface area contributed by atoms with Crippen LogP contribution in [0.2, 0.25) is 0 Å². The summed E-state index contributed by atoms with van der Waals surface area (Å²) in [6.07, 6.45) is 2.26. The maximum absolute atomic E-state index is 12.4. The summed E-state index contributed by atoms with van der Waals surface area (Å²) in [6.45, 7) is 10.5. The van der Waals surface area contributed by atoms with Crippen molar-refractivity contribution in [3.63, 3.8) is 0 Å². The lowest BCUT2D eigenvalue weighted by Gasteiger charge is -2.21. The lowest BCUT2D eigenvalue weighted by molar-refractivity contribution is -0.130. The number of nitrogens with one attached hydrogen (secondary N) is 1. The maximum Gasteiger partial charge on any atom is 0.225 e. The Balaban J connectivity index is 1.77. The first-order chi connectivity index (χ1) is 12.3. The zero-order chi connectivity index (χ0) is 19.3. The first-order valence-electron chi connectivity index (χ1n) is 9.61. The number of amides is 2. The summed E-state index contributed by atoms with van der Waals surface area (Å²) < 4.78 is 5.65. The molecule has 2 rings (SSSR count). The highest BCUT2D eigenvalue weighted by Crippen LogP contribution is 2.21. The monoisotopic (exact) mass is 360 g/mol. The Kier molecular flexibility index (Phi) is 7.06. The molecule has 0 radical (unpaired) electrons. The van der Waals surface area contributed by atoms with Gasteiger partial charge in [0.1, 0.15) is 5.75 Å². The molecule has 1 aromatic rings. The van der Waals surface area contributed by atoms with Crippen LogP contribution in [0.1, 0.15) is 53.0 Å². The van der Waals surface area contributed by atoms with Crippen LogP contribution in [0.5, 0.6) is 5.75 Å². The molecule has 0 spiro atoms. The zero-order valence-corrected chi connectivity index (χ0v) is 16.6. The zero-order valence-electron chi connectivity index (χ0n) is 16.6. The van der Waals surface area contributed by atoms with Gasteiger partial charge >= 0.3 is 0 Å². The van der Waals surface area contributed by atoms with Gasteiger partial charge in [-0.2, -0.15) is 0 Å². The minimum Gasteiger partial charge on any atom is -0.491 e. The van der Waals surface area contributed by atoms with E-state index in [0.717, 1.165) is 18.6 Å². The van der Waals surface area contributed by atoms with Crippen molar-refractivity contribution in [2.75, 3.05) is 6.54 Å². The molecule has 0 bridgehead atoms. The normalized spacial score (nSPS) is 18.5. The van der Waals surface area contributed by atoms with Gasteiger partial charge in [0, 0.05) is 25.0 Å². The quantitative estimate of drug-likeness (QED) is 0.775. The minimum absolute atomic E-state index is 0.00492. The van der Waals surface area contributed by atoms with Gasteiger partial charge in [-0.05, 0) is 65.2 Å². The van der Waals surface area contributed by atoms with Crippen molar-refractivity contribution in [1.82, 2.24) is 10.2 Å². The summed E-state index contributed by atoms with van der Waals surface area (Å²) in [5, 5.41) is 3.07. The SMILES string of the molecule is CC(C)Oc1ccc(CC[C@@H](C)NC(=O)[C@H]2CC(=O)N(C(C)C)C2)cc1. The molecule has 5 heteroatoms. The van der Waals surface area contributed by atoms with Crippen LogP contribution in [0.25, 0.3) is 0 Å². The molecule has 0 aliphatic carbocycles. The number of rotatable bonds is 8. The lowest BCUT2D eigenvalue weighted by atomic mass is 10.0. The molecule has 2 amide bonds. The number of ether oxygens (including phenoxy) is 1. The summed E-state index contributed by atoms with van der Waals surface area (Å²) in [6, 6.07) is 8.36. The van der Waals surface area contributed by atoms with E-state index in [1.54, 1.807) is 4.90 Å². The van der Waals surface area contributed by atoms with E-state index < -0.39 is 0 Å². The smallest absolute Gasteiger partial charge is 0.225 e. The molecule has 1 heterocycles. The molecule has 1 aromatic carbocycles. The number of benzene rings is 1. The Labute approximate surface area is 157 Å². The van der Waals surface area contributed by atoms with Crippen LogP contribution in [0.3, 0.4) is 0 Å². The summed E-state index contributed by atoms with van der Waals surface area (Å²) >= 11 is 0. The number of likely N-dealkylation sites (tertiary alicyclic amines) is 1. The van der Waals surface area contributed by atoms with E-state index in [0.29, 0.717) is 13.0 Å². The van der Waals surface area contributed by atoms with Crippen molar-refractivity contribution >= 4 is 11.8 Å². The summed E-state index contributed by atoms with van der Waals surface area (Å²) in [5.41, 5.74) is 1.23. The average molecular weight is 360 g/mol. The van der Waals surface area contributed by atoms with Crippen molar-refractivity contribution in [2.45, 2.75) is 72.1 Å². The van der Waals surface area contributed by atoms with Gasteiger partial charge < -0.3 is 15.0 Å². The van der Waals surface area contributed by atoms with Gasteiger partial charge in [0.05, 0.1) is 12.0 Å². The summed E-state index contributed by atoms with van der Waals surface area (Å²) in [4.78, 5) is 26.2. The van der Waals surface area contributed by atoms with Crippen LogP contribution >= 0.6 is 0 Å². The minimum atomic E-state index is -0.222. The Morgan fingerprint density at radius 1 is 1.19 bits per heavy atom. The highest BCUT2D eigenvalue weighted by Gasteiger charge is 2.35. The molecule has 26 heavy (non-hydrogen) atoms. The summed E-state index contributed by atoms with van der Waals surface area (Å²) in [5.74, 6) is 0.733. The Morgan fingerprint density at radius 3 is 2.38 bits per heavy atom. The molecule has 1 fully saturated rings. The van der Waals surface area contributed by atoms with Crippen molar-refractivity contribution in [1.29, 1.82) is 0 Å². The van der Waals surface area contributed by atoms with E-state index in [4.69, 9.17) is 4.74 Å². The standard InChI is InChI=1S/C21H32N2O3/c1-14(2)23-13-18(12-20(23)24)21(25)22-16(5)6-7-17-8-10-19(11-9-17)26-15(3)4/h8-11,14-16,18H,6-7,12-13H2,1-5H3,(H,22,25)/t16-,18+/m1/s1. The second kappa shape index (κ2) is 9.06. The molecule has 1 aliphatic rings. The highest BCUT2D eigenvalue weighted by molar-refractivity contribution is 5.89. The second-order valence-electron chi connectivity index (χ2n) is 7.80. The number of aryl methyl sites for hydroxylation is 1. The number of nitrogens with zero attached hydrogens (tertiary/aromatic N) is 1. The predicted octanol–water partition coefficient (Wildman–Crippen LogP) is 3.17.